The van der Waals surface area contributed by atoms with Gasteiger partial charge in [0.05, 0.1) is 11.5 Å². The Kier molecular flexibility index (Phi) is 6.72. The summed E-state index contributed by atoms with van der Waals surface area (Å²) in [5.74, 6) is 0.378. The smallest absolute Gasteiger partial charge is 0.224 e. The van der Waals surface area contributed by atoms with Gasteiger partial charge in [-0.25, -0.2) is 0 Å². The summed E-state index contributed by atoms with van der Waals surface area (Å²) in [7, 11) is 0. The number of aliphatic hydroxyl groups is 1. The summed E-state index contributed by atoms with van der Waals surface area (Å²) >= 11 is 0. The average molecular weight is 244 g/mol. The van der Waals surface area contributed by atoms with E-state index in [-0.39, 0.29) is 24.3 Å². The van der Waals surface area contributed by atoms with Gasteiger partial charge >= 0.3 is 0 Å². The fourth-order valence-electron chi connectivity index (χ4n) is 2.04. The minimum absolute atomic E-state index is 0.0634. The minimum atomic E-state index is -0.847. The molecule has 0 aromatic heterocycles. The van der Waals surface area contributed by atoms with Crippen LogP contribution in [0.15, 0.2) is 0 Å². The van der Waals surface area contributed by atoms with E-state index in [4.69, 9.17) is 5.73 Å². The third-order valence-electron chi connectivity index (χ3n) is 2.89. The molecule has 0 saturated carbocycles. The van der Waals surface area contributed by atoms with Crippen LogP contribution in [0, 0.1) is 17.8 Å². The van der Waals surface area contributed by atoms with Crippen molar-refractivity contribution in [2.24, 2.45) is 23.5 Å². The molecule has 4 nitrogen and oxygen atoms in total. The summed E-state index contributed by atoms with van der Waals surface area (Å²) in [5.41, 5.74) is 4.72. The van der Waals surface area contributed by atoms with Crippen molar-refractivity contribution >= 4 is 5.91 Å². The molecule has 0 rings (SSSR count). The third kappa shape index (κ3) is 6.64. The molecule has 0 aliphatic carbocycles. The Hall–Kier alpha value is -0.610. The molecule has 0 radical (unpaired) electrons. The first-order chi connectivity index (χ1) is 7.69. The third-order valence-corrected chi connectivity index (χ3v) is 2.89. The highest BCUT2D eigenvalue weighted by Crippen LogP contribution is 2.16. The zero-order valence-corrected chi connectivity index (χ0v) is 11.8. The van der Waals surface area contributed by atoms with Crippen molar-refractivity contribution in [3.63, 3.8) is 0 Å². The standard InChI is InChI=1S/C13H28N2O2/c1-9(2)6-13(5,17)8-15-12(16)11(7-14)10(3)4/h9-11,17H,6-8,14H2,1-5H3,(H,15,16). The predicted octanol–water partition coefficient (Wildman–Crippen LogP) is 1.13. The normalized spacial score (nSPS) is 17.0. The molecular weight excluding hydrogens is 216 g/mol. The van der Waals surface area contributed by atoms with Crippen LogP contribution in [0.4, 0.5) is 0 Å². The van der Waals surface area contributed by atoms with E-state index in [2.05, 4.69) is 5.32 Å². The largest absolute Gasteiger partial charge is 0.388 e. The molecule has 4 heteroatoms. The molecule has 0 aromatic carbocycles. The van der Waals surface area contributed by atoms with E-state index < -0.39 is 5.60 Å². The molecule has 0 aliphatic rings. The SMILES string of the molecule is CC(C)CC(C)(O)CNC(=O)C(CN)C(C)C. The Labute approximate surface area is 105 Å². The molecule has 1 amide bonds. The number of carbonyl (C=O) groups excluding carboxylic acids is 1. The molecule has 17 heavy (non-hydrogen) atoms. The lowest BCUT2D eigenvalue weighted by Gasteiger charge is -2.27. The molecule has 102 valence electrons. The number of nitrogens with one attached hydrogen (secondary N) is 1. The van der Waals surface area contributed by atoms with Crippen molar-refractivity contribution in [2.45, 2.75) is 46.6 Å². The summed E-state index contributed by atoms with van der Waals surface area (Å²) in [5, 5.41) is 12.9. The molecule has 0 saturated heterocycles. The van der Waals surface area contributed by atoms with Crippen LogP contribution in [0.3, 0.4) is 0 Å². The van der Waals surface area contributed by atoms with E-state index in [1.165, 1.54) is 0 Å². The van der Waals surface area contributed by atoms with Crippen molar-refractivity contribution in [3.05, 3.63) is 0 Å². The Bertz CT molecular complexity index is 238. The summed E-state index contributed by atoms with van der Waals surface area (Å²) in [6.45, 7) is 10.4. The Morgan fingerprint density at radius 2 is 1.88 bits per heavy atom. The highest BCUT2D eigenvalue weighted by molar-refractivity contribution is 5.79. The Morgan fingerprint density at radius 3 is 2.24 bits per heavy atom. The van der Waals surface area contributed by atoms with Gasteiger partial charge in [0.25, 0.3) is 0 Å². The van der Waals surface area contributed by atoms with E-state index in [1.807, 2.05) is 27.7 Å². The zero-order valence-electron chi connectivity index (χ0n) is 11.8. The number of nitrogens with two attached hydrogens (primary N) is 1. The van der Waals surface area contributed by atoms with Gasteiger partial charge in [-0.3, -0.25) is 4.79 Å². The first-order valence-corrected chi connectivity index (χ1v) is 6.39. The molecule has 0 bridgehead atoms. The molecule has 0 spiro atoms. The minimum Gasteiger partial charge on any atom is -0.388 e. The van der Waals surface area contributed by atoms with Gasteiger partial charge in [0, 0.05) is 13.1 Å². The summed E-state index contributed by atoms with van der Waals surface area (Å²) in [6, 6.07) is 0. The highest BCUT2D eigenvalue weighted by Gasteiger charge is 2.25. The second-order valence-electron chi connectivity index (χ2n) is 5.90. The summed E-state index contributed by atoms with van der Waals surface area (Å²) in [6.07, 6.45) is 0.669. The number of rotatable bonds is 7. The zero-order chi connectivity index (χ0) is 13.6. The van der Waals surface area contributed by atoms with Crippen molar-refractivity contribution in [1.29, 1.82) is 0 Å². The quantitative estimate of drug-likeness (QED) is 0.628. The van der Waals surface area contributed by atoms with Crippen LogP contribution >= 0.6 is 0 Å². The van der Waals surface area contributed by atoms with Gasteiger partial charge in [0.2, 0.25) is 5.91 Å². The van der Waals surface area contributed by atoms with E-state index >= 15 is 0 Å². The van der Waals surface area contributed by atoms with Crippen LogP contribution in [0.5, 0.6) is 0 Å². The lowest BCUT2D eigenvalue weighted by Crippen LogP contribution is -2.45. The molecule has 2 atom stereocenters. The predicted molar refractivity (Wildman–Crippen MR) is 70.5 cm³/mol. The fraction of sp³-hybridized carbons (Fsp3) is 0.923. The molecule has 0 aliphatic heterocycles. The maximum absolute atomic E-state index is 11.8. The molecule has 2 unspecified atom stereocenters. The van der Waals surface area contributed by atoms with Crippen molar-refractivity contribution < 1.29 is 9.90 Å². The second-order valence-corrected chi connectivity index (χ2v) is 5.90. The highest BCUT2D eigenvalue weighted by atomic mass is 16.3. The second kappa shape index (κ2) is 6.97. The van der Waals surface area contributed by atoms with E-state index in [9.17, 15) is 9.90 Å². The van der Waals surface area contributed by atoms with Gasteiger partial charge in [0.15, 0.2) is 0 Å². The van der Waals surface area contributed by atoms with Crippen LogP contribution in [-0.2, 0) is 4.79 Å². The maximum atomic E-state index is 11.8. The maximum Gasteiger partial charge on any atom is 0.224 e. The fourth-order valence-corrected chi connectivity index (χ4v) is 2.04. The first kappa shape index (κ1) is 16.4. The van der Waals surface area contributed by atoms with Crippen molar-refractivity contribution in [2.75, 3.05) is 13.1 Å². The molecule has 0 aromatic rings. The number of carbonyl (C=O) groups is 1. The van der Waals surface area contributed by atoms with Gasteiger partial charge in [0.1, 0.15) is 0 Å². The first-order valence-electron chi connectivity index (χ1n) is 6.39. The van der Waals surface area contributed by atoms with Crippen molar-refractivity contribution in [1.82, 2.24) is 5.32 Å². The number of amides is 1. The number of hydrogen-bond donors (Lipinski definition) is 3. The van der Waals surface area contributed by atoms with Crippen LogP contribution in [0.2, 0.25) is 0 Å². The van der Waals surface area contributed by atoms with E-state index in [1.54, 1.807) is 6.92 Å². The monoisotopic (exact) mass is 244 g/mol. The van der Waals surface area contributed by atoms with Gasteiger partial charge in [-0.15, -0.1) is 0 Å². The average Bonchev–Trinajstić information content (AvgIpc) is 2.13. The molecule has 4 N–H and O–H groups in total. The molecule has 0 heterocycles. The van der Waals surface area contributed by atoms with Crippen LogP contribution in [-0.4, -0.2) is 29.7 Å². The van der Waals surface area contributed by atoms with Crippen LogP contribution in [0.25, 0.3) is 0 Å². The molecule has 0 fully saturated rings. The lowest BCUT2D eigenvalue weighted by atomic mass is 9.92. The van der Waals surface area contributed by atoms with Crippen LogP contribution in [0.1, 0.15) is 41.0 Å². The summed E-state index contributed by atoms with van der Waals surface area (Å²) < 4.78 is 0. The number of hydrogen-bond acceptors (Lipinski definition) is 3. The Morgan fingerprint density at radius 1 is 1.35 bits per heavy atom. The Balaban J connectivity index is 4.22. The van der Waals surface area contributed by atoms with Crippen molar-refractivity contribution in [3.8, 4) is 0 Å². The van der Waals surface area contributed by atoms with E-state index in [0.29, 0.717) is 18.9 Å². The van der Waals surface area contributed by atoms with Gasteiger partial charge in [-0.2, -0.15) is 0 Å². The van der Waals surface area contributed by atoms with E-state index in [0.717, 1.165) is 0 Å². The van der Waals surface area contributed by atoms with Crippen LogP contribution < -0.4 is 11.1 Å². The summed E-state index contributed by atoms with van der Waals surface area (Å²) in [4.78, 5) is 11.8. The molecular formula is C13H28N2O2. The van der Waals surface area contributed by atoms with Gasteiger partial charge < -0.3 is 16.2 Å². The van der Waals surface area contributed by atoms with Gasteiger partial charge in [-0.1, -0.05) is 27.7 Å². The topological polar surface area (TPSA) is 75.3 Å². The lowest BCUT2D eigenvalue weighted by molar-refractivity contribution is -0.127. The van der Waals surface area contributed by atoms with Gasteiger partial charge in [-0.05, 0) is 25.2 Å².